The van der Waals surface area contributed by atoms with E-state index in [1.165, 1.54) is 0 Å². The Morgan fingerprint density at radius 3 is 2.53 bits per heavy atom. The molecule has 0 aromatic carbocycles. The summed E-state index contributed by atoms with van der Waals surface area (Å²) in [6, 6.07) is 3.99. The molecule has 2 aromatic heterocycles. The number of likely N-dealkylation sites (N-methyl/N-ethyl adjacent to an activating group) is 1. The molecule has 0 saturated carbocycles. The number of aromatic amines is 1. The highest BCUT2D eigenvalue weighted by molar-refractivity contribution is 5.61. The zero-order valence-electron chi connectivity index (χ0n) is 12.1. The Bertz CT molecular complexity index is 516. The molecule has 2 N–H and O–H groups in total. The maximum atomic E-state index is 4.80. The first kappa shape index (κ1) is 13.7. The lowest BCUT2D eigenvalue weighted by Crippen LogP contribution is -2.22. The molecule has 0 amide bonds. The van der Waals surface area contributed by atoms with Crippen LogP contribution in [0.15, 0.2) is 24.5 Å². The number of hydrogen-bond acceptors (Lipinski definition) is 3. The average Bonchev–Trinajstić information content (AvgIpc) is 2.78. The first-order valence-electron chi connectivity index (χ1n) is 6.75. The van der Waals surface area contributed by atoms with Gasteiger partial charge in [0.1, 0.15) is 5.82 Å². The number of nitrogens with one attached hydrogen (secondary N) is 2. The second-order valence-electron chi connectivity index (χ2n) is 5.24. The summed E-state index contributed by atoms with van der Waals surface area (Å²) in [4.78, 5) is 12.3. The number of H-pyrrole nitrogens is 1. The summed E-state index contributed by atoms with van der Waals surface area (Å²) in [7, 11) is 1.98. The minimum atomic E-state index is 0.402. The number of aryl methyl sites for hydroxylation is 1. The van der Waals surface area contributed by atoms with Gasteiger partial charge in [-0.05, 0) is 32.0 Å². The van der Waals surface area contributed by atoms with Gasteiger partial charge in [-0.2, -0.15) is 0 Å². The lowest BCUT2D eigenvalue weighted by Gasteiger charge is -2.17. The van der Waals surface area contributed by atoms with E-state index in [0.29, 0.717) is 11.8 Å². The van der Waals surface area contributed by atoms with E-state index in [0.717, 1.165) is 29.3 Å². The van der Waals surface area contributed by atoms with Crippen molar-refractivity contribution in [2.45, 2.75) is 26.7 Å². The molecule has 1 atom stereocenters. The monoisotopic (exact) mass is 258 g/mol. The van der Waals surface area contributed by atoms with Crippen LogP contribution in [-0.4, -0.2) is 28.5 Å². The average molecular weight is 258 g/mol. The largest absolute Gasteiger partial charge is 0.345 e. The van der Waals surface area contributed by atoms with E-state index < -0.39 is 0 Å². The van der Waals surface area contributed by atoms with Gasteiger partial charge < -0.3 is 10.3 Å². The molecule has 0 fully saturated rings. The van der Waals surface area contributed by atoms with Crippen molar-refractivity contribution in [3.63, 3.8) is 0 Å². The molecule has 19 heavy (non-hydrogen) atoms. The summed E-state index contributed by atoms with van der Waals surface area (Å²) in [5.41, 5.74) is 3.25. The van der Waals surface area contributed by atoms with Crippen molar-refractivity contribution in [1.82, 2.24) is 20.3 Å². The second kappa shape index (κ2) is 5.97. The summed E-state index contributed by atoms with van der Waals surface area (Å²) in [5.74, 6) is 2.01. The van der Waals surface area contributed by atoms with Crippen molar-refractivity contribution in [1.29, 1.82) is 0 Å². The van der Waals surface area contributed by atoms with Crippen LogP contribution in [0.5, 0.6) is 0 Å². The number of aromatic nitrogens is 3. The molecular weight excluding hydrogens is 236 g/mol. The number of imidazole rings is 1. The lowest BCUT2D eigenvalue weighted by molar-refractivity contribution is 0.461. The van der Waals surface area contributed by atoms with Crippen LogP contribution < -0.4 is 5.32 Å². The molecular formula is C15H22N4. The summed E-state index contributed by atoms with van der Waals surface area (Å²) in [6.45, 7) is 7.46. The molecule has 0 radical (unpaired) electrons. The van der Waals surface area contributed by atoms with Crippen molar-refractivity contribution in [3.05, 3.63) is 36.0 Å². The van der Waals surface area contributed by atoms with Crippen LogP contribution >= 0.6 is 0 Å². The molecule has 0 aliphatic heterocycles. The Kier molecular flexibility index (Phi) is 4.32. The van der Waals surface area contributed by atoms with Crippen LogP contribution in [0.4, 0.5) is 0 Å². The maximum Gasteiger partial charge on any atom is 0.111 e. The molecule has 4 heteroatoms. The molecule has 0 aliphatic rings. The molecule has 1 unspecified atom stereocenters. The lowest BCUT2D eigenvalue weighted by atomic mass is 9.95. The fourth-order valence-corrected chi connectivity index (χ4v) is 2.32. The summed E-state index contributed by atoms with van der Waals surface area (Å²) < 4.78 is 0. The van der Waals surface area contributed by atoms with E-state index >= 15 is 0 Å². The van der Waals surface area contributed by atoms with E-state index in [2.05, 4.69) is 36.1 Å². The van der Waals surface area contributed by atoms with Gasteiger partial charge in [0.25, 0.3) is 0 Å². The van der Waals surface area contributed by atoms with Gasteiger partial charge in [-0.15, -0.1) is 0 Å². The molecule has 2 aromatic rings. The minimum Gasteiger partial charge on any atom is -0.345 e. The van der Waals surface area contributed by atoms with Crippen molar-refractivity contribution >= 4 is 0 Å². The molecule has 0 spiro atoms. The van der Waals surface area contributed by atoms with Crippen LogP contribution in [0.1, 0.15) is 31.3 Å². The quantitative estimate of drug-likeness (QED) is 0.867. The molecule has 4 nitrogen and oxygen atoms in total. The van der Waals surface area contributed by atoms with Crippen molar-refractivity contribution in [2.75, 3.05) is 13.6 Å². The summed E-state index contributed by atoms with van der Waals surface area (Å²) in [5, 5.41) is 3.25. The van der Waals surface area contributed by atoms with Gasteiger partial charge in [0.15, 0.2) is 0 Å². The third-order valence-electron chi connectivity index (χ3n) is 3.44. The van der Waals surface area contributed by atoms with Gasteiger partial charge in [-0.3, -0.25) is 4.98 Å². The van der Waals surface area contributed by atoms with Crippen molar-refractivity contribution < 1.29 is 0 Å². The van der Waals surface area contributed by atoms with E-state index in [1.54, 1.807) is 12.4 Å². The fourth-order valence-electron chi connectivity index (χ4n) is 2.32. The molecule has 2 heterocycles. The van der Waals surface area contributed by atoms with Crippen LogP contribution in [0, 0.1) is 12.8 Å². The first-order chi connectivity index (χ1) is 9.13. The summed E-state index contributed by atoms with van der Waals surface area (Å²) >= 11 is 0. The van der Waals surface area contributed by atoms with Crippen LogP contribution in [0.25, 0.3) is 11.3 Å². The normalized spacial score (nSPS) is 12.9. The minimum absolute atomic E-state index is 0.402. The number of pyridine rings is 1. The molecule has 2 rings (SSSR count). The summed E-state index contributed by atoms with van der Waals surface area (Å²) in [6.07, 6.45) is 3.60. The van der Waals surface area contributed by atoms with Crippen LogP contribution in [0.3, 0.4) is 0 Å². The Labute approximate surface area is 114 Å². The van der Waals surface area contributed by atoms with Gasteiger partial charge in [0, 0.05) is 36.1 Å². The highest BCUT2D eigenvalue weighted by atomic mass is 15.0. The smallest absolute Gasteiger partial charge is 0.111 e. The maximum absolute atomic E-state index is 4.80. The van der Waals surface area contributed by atoms with Gasteiger partial charge in [-0.1, -0.05) is 13.8 Å². The van der Waals surface area contributed by atoms with Gasteiger partial charge in [0.2, 0.25) is 0 Å². The van der Waals surface area contributed by atoms with Crippen LogP contribution in [-0.2, 0) is 0 Å². The van der Waals surface area contributed by atoms with Crippen LogP contribution in [0.2, 0.25) is 0 Å². The predicted octanol–water partition coefficient (Wildman–Crippen LogP) is 2.74. The fraction of sp³-hybridized carbons (Fsp3) is 0.467. The number of rotatable bonds is 5. The Balaban J connectivity index is 2.35. The van der Waals surface area contributed by atoms with E-state index in [1.807, 2.05) is 19.2 Å². The highest BCUT2D eigenvalue weighted by Crippen LogP contribution is 2.26. The Hall–Kier alpha value is -1.68. The highest BCUT2D eigenvalue weighted by Gasteiger charge is 2.20. The zero-order chi connectivity index (χ0) is 13.8. The topological polar surface area (TPSA) is 53.6 Å². The standard InChI is InChI=1S/C15H22N4/c1-10(2)13(9-16-4)15-18-11(3)14(19-15)12-5-7-17-8-6-12/h5-8,10,13,16H,9H2,1-4H3,(H,18,19). The number of nitrogens with zero attached hydrogens (tertiary/aromatic N) is 2. The predicted molar refractivity (Wildman–Crippen MR) is 78.1 cm³/mol. The Morgan fingerprint density at radius 2 is 1.95 bits per heavy atom. The molecule has 0 saturated heterocycles. The van der Waals surface area contributed by atoms with Crippen molar-refractivity contribution in [2.24, 2.45) is 5.92 Å². The van der Waals surface area contributed by atoms with Gasteiger partial charge >= 0.3 is 0 Å². The third kappa shape index (κ3) is 3.01. The van der Waals surface area contributed by atoms with E-state index in [-0.39, 0.29) is 0 Å². The van der Waals surface area contributed by atoms with Gasteiger partial charge in [-0.25, -0.2) is 4.98 Å². The molecule has 102 valence electrons. The zero-order valence-corrected chi connectivity index (χ0v) is 12.1. The van der Waals surface area contributed by atoms with E-state index in [9.17, 15) is 0 Å². The molecule has 0 aliphatic carbocycles. The third-order valence-corrected chi connectivity index (χ3v) is 3.44. The van der Waals surface area contributed by atoms with Gasteiger partial charge in [0.05, 0.1) is 5.69 Å². The molecule has 0 bridgehead atoms. The van der Waals surface area contributed by atoms with E-state index in [4.69, 9.17) is 4.98 Å². The first-order valence-corrected chi connectivity index (χ1v) is 6.75. The SMILES string of the molecule is CNCC(c1nc(-c2ccncc2)c(C)[nH]1)C(C)C. The van der Waals surface area contributed by atoms with Crippen molar-refractivity contribution in [3.8, 4) is 11.3 Å². The second-order valence-corrected chi connectivity index (χ2v) is 5.24. The Morgan fingerprint density at radius 1 is 1.26 bits per heavy atom. The number of hydrogen-bond donors (Lipinski definition) is 2.